The van der Waals surface area contributed by atoms with Crippen molar-refractivity contribution in [2.45, 2.75) is 205 Å². The fraction of sp³-hybridized carbons (Fsp3) is 0.415. The van der Waals surface area contributed by atoms with Crippen molar-refractivity contribution in [2.75, 3.05) is 0 Å². The molecule has 3 heterocycles. The highest BCUT2D eigenvalue weighted by atomic mass is 35.5. The van der Waals surface area contributed by atoms with Crippen molar-refractivity contribution >= 4 is 62.0 Å². The quantitative estimate of drug-likeness (QED) is 0.155. The number of benzene rings is 6. The van der Waals surface area contributed by atoms with E-state index in [1.54, 1.807) is 164 Å². The summed E-state index contributed by atoms with van der Waals surface area (Å²) in [6, 6.07) is 15.4. The first-order valence-electron chi connectivity index (χ1n) is 33.5. The van der Waals surface area contributed by atoms with Gasteiger partial charge in [0.15, 0.2) is 81.1 Å². The van der Waals surface area contributed by atoms with Gasteiger partial charge in [-0.15, -0.1) is 0 Å². The number of ether oxygens (including phenoxy) is 6. The van der Waals surface area contributed by atoms with E-state index in [4.69, 9.17) is 40.0 Å². The fourth-order valence-electron chi connectivity index (χ4n) is 11.4. The average molecular weight is 1450 g/mol. The Balaban J connectivity index is 0.000000172. The molecule has 0 saturated heterocycles. The molecule has 0 fully saturated rings. The summed E-state index contributed by atoms with van der Waals surface area (Å²) in [6.07, 6.45) is 10.4. The van der Waals surface area contributed by atoms with Crippen molar-refractivity contribution in [3.8, 4) is 34.5 Å². The Hall–Kier alpha value is -8.45. The third kappa shape index (κ3) is 20.0. The van der Waals surface area contributed by atoms with Crippen molar-refractivity contribution in [1.82, 2.24) is 13.7 Å². The van der Waals surface area contributed by atoms with Crippen LogP contribution in [0.1, 0.15) is 186 Å². The maximum atomic E-state index is 14.4. The maximum absolute atomic E-state index is 14.4. The predicted octanol–water partition coefficient (Wildman–Crippen LogP) is 24.0. The minimum absolute atomic E-state index is 0.0142. The SMILES string of the molecule is CC1=C(C)c2c(cc(F)c(OC(C)(C)C)c2F)C1.CC1=Cc2c(F)c(OC(C)(C)C)cc(F)c2C1.CC1=Cc2c(cc(F)c(OC(C)(C)C)c2F)C1.Cn1ccc2c(Cl)c(OC(C)(C)C)ccc21.Cn1ccc2c(F)c(OC(C)(C)C)c(F)cc21.Cn1ccc2c(F)c(OC(C)(C)C)cc(F)c21. The first-order chi connectivity index (χ1) is 46.7. The zero-order chi connectivity index (χ0) is 76.8. The fourth-order valence-corrected chi connectivity index (χ4v) is 11.6. The van der Waals surface area contributed by atoms with Crippen molar-refractivity contribution in [3.63, 3.8) is 0 Å². The predicted molar refractivity (Wildman–Crippen MR) is 392 cm³/mol. The van der Waals surface area contributed by atoms with Crippen LogP contribution in [0, 0.1) is 58.2 Å². The van der Waals surface area contributed by atoms with Crippen molar-refractivity contribution in [3.05, 3.63) is 193 Å². The Morgan fingerprint density at radius 3 is 1.32 bits per heavy atom. The molecule has 0 atom stereocenters. The number of nitrogens with zero attached hydrogens (tertiary/aromatic N) is 3. The molecule has 0 saturated carbocycles. The first-order valence-corrected chi connectivity index (χ1v) is 33.9. The number of halogens is 11. The number of aryl methyl sites for hydroxylation is 3. The van der Waals surface area contributed by atoms with Gasteiger partial charge in [-0.1, -0.05) is 40.5 Å². The van der Waals surface area contributed by atoms with Gasteiger partial charge in [-0.2, -0.15) is 0 Å². The molecule has 0 spiro atoms. The van der Waals surface area contributed by atoms with Gasteiger partial charge in [-0.3, -0.25) is 0 Å². The molecule has 9 aromatic rings. The number of allylic oxidation sites excluding steroid dienone is 4. The average Bonchev–Trinajstić information content (AvgIpc) is 1.62. The van der Waals surface area contributed by atoms with Crippen LogP contribution in [0.15, 0.2) is 96.0 Å². The van der Waals surface area contributed by atoms with E-state index in [1.807, 2.05) is 84.5 Å². The highest BCUT2D eigenvalue weighted by Crippen LogP contribution is 2.43. The van der Waals surface area contributed by atoms with Gasteiger partial charge in [0.05, 0.1) is 16.1 Å². The Bertz CT molecular complexity index is 4720. The van der Waals surface area contributed by atoms with E-state index in [-0.39, 0.29) is 45.3 Å². The maximum Gasteiger partial charge on any atom is 0.192 e. The number of rotatable bonds is 6. The minimum Gasteiger partial charge on any atom is -0.487 e. The summed E-state index contributed by atoms with van der Waals surface area (Å²) < 4.78 is 178. The lowest BCUT2D eigenvalue weighted by Crippen LogP contribution is -2.24. The molecule has 9 nitrogen and oxygen atoms in total. The van der Waals surface area contributed by atoms with E-state index < -0.39 is 86.2 Å². The highest BCUT2D eigenvalue weighted by molar-refractivity contribution is 6.37. The number of aromatic nitrogens is 3. The van der Waals surface area contributed by atoms with Crippen molar-refractivity contribution in [2.24, 2.45) is 21.1 Å². The van der Waals surface area contributed by atoms with E-state index in [9.17, 15) is 43.9 Å². The topological polar surface area (TPSA) is 70.2 Å². The second kappa shape index (κ2) is 30.5. The molecule has 20 heteroatoms. The molecule has 0 amide bonds. The van der Waals surface area contributed by atoms with Crippen molar-refractivity contribution in [1.29, 1.82) is 0 Å². The summed E-state index contributed by atoms with van der Waals surface area (Å²) in [6.45, 7) is 40.3. The van der Waals surface area contributed by atoms with Crippen LogP contribution in [0.25, 0.3) is 50.4 Å². The number of fused-ring (bicyclic) bond motifs is 6. The van der Waals surface area contributed by atoms with Gasteiger partial charge in [-0.25, -0.2) is 43.9 Å². The number of hydrogen-bond donors (Lipinski definition) is 0. The molecule has 0 unspecified atom stereocenters. The van der Waals surface area contributed by atoms with Gasteiger partial charge in [0.25, 0.3) is 0 Å². The molecule has 3 aliphatic carbocycles. The molecular formula is C82H96ClF10N3O6. The van der Waals surface area contributed by atoms with Crippen LogP contribution in [-0.4, -0.2) is 47.3 Å². The summed E-state index contributed by atoms with van der Waals surface area (Å²) in [5.41, 5.74) is 5.78. The summed E-state index contributed by atoms with van der Waals surface area (Å²) >= 11 is 6.32. The lowest BCUT2D eigenvalue weighted by Gasteiger charge is -2.23. The molecule has 0 aliphatic heterocycles. The van der Waals surface area contributed by atoms with Crippen LogP contribution in [-0.2, 0) is 40.4 Å². The molecule has 0 bridgehead atoms. The van der Waals surface area contributed by atoms with Crippen LogP contribution in [0.5, 0.6) is 34.5 Å². The molecule has 6 aromatic carbocycles. The number of hydrogen-bond acceptors (Lipinski definition) is 6. The third-order valence-electron chi connectivity index (χ3n) is 15.5. The molecular weight excluding hydrogens is 1350 g/mol. The van der Waals surface area contributed by atoms with Gasteiger partial charge in [0.1, 0.15) is 45.2 Å². The molecule has 12 rings (SSSR count). The minimum atomic E-state index is -0.674. The highest BCUT2D eigenvalue weighted by Gasteiger charge is 2.31. The second-order valence-corrected chi connectivity index (χ2v) is 32.2. The van der Waals surface area contributed by atoms with Gasteiger partial charge in [-0.05, 0) is 231 Å². The summed E-state index contributed by atoms with van der Waals surface area (Å²) in [7, 11) is 5.42. The Labute approximate surface area is 598 Å². The molecule has 552 valence electrons. The molecule has 0 N–H and O–H groups in total. The van der Waals surface area contributed by atoms with Crippen LogP contribution in [0.4, 0.5) is 43.9 Å². The molecule has 102 heavy (non-hydrogen) atoms. The molecule has 0 radical (unpaired) electrons. The lowest BCUT2D eigenvalue weighted by atomic mass is 10.0. The zero-order valence-corrected chi connectivity index (χ0v) is 64.0. The standard InChI is InChI=1S/C15H18F2O.2C14H16F2O.C13H16ClNO.2C13H15F2NO/c1-8-6-10-7-11(16)14(18-15(3,4)5)13(17)12(10)9(8)2;1-8-5-9-10(6-8)13(16)12(7-11(9)15)17-14(2,3)4;1-8-5-9-7-11(15)13(17-14(2,3)4)12(16)10(9)6-8;1-13(2,3)16-11-6-5-10-9(12(11)14)7-8-15(10)4;1-13(2,3)17-10-7-9(14)12-8(11(10)15)5-6-16(12)4;1-13(2,3)17-12-9(14)7-10-8(11(12)15)5-6-16(10)4/h7H,6H2,1-5H3;2*6-7H,5H2,1-4H3;5-8H,1-4H3;2*5-7H,1-4H3. The second-order valence-electron chi connectivity index (χ2n) is 31.8. The van der Waals surface area contributed by atoms with Crippen LogP contribution < -0.4 is 28.4 Å². The first kappa shape index (κ1) is 80.9. The van der Waals surface area contributed by atoms with E-state index >= 15 is 0 Å². The molecule has 3 aromatic heterocycles. The smallest absolute Gasteiger partial charge is 0.192 e. The Morgan fingerprint density at radius 2 is 0.784 bits per heavy atom. The Morgan fingerprint density at radius 1 is 0.363 bits per heavy atom. The van der Waals surface area contributed by atoms with E-state index in [2.05, 4.69) is 0 Å². The third-order valence-corrected chi connectivity index (χ3v) is 15.9. The normalized spacial score (nSPS) is 13.5. The summed E-state index contributed by atoms with van der Waals surface area (Å²) in [4.78, 5) is 0. The van der Waals surface area contributed by atoms with Gasteiger partial charge in [0, 0.05) is 102 Å². The van der Waals surface area contributed by atoms with Gasteiger partial charge in [0.2, 0.25) is 0 Å². The lowest BCUT2D eigenvalue weighted by molar-refractivity contribution is 0.117. The summed E-state index contributed by atoms with van der Waals surface area (Å²) in [5, 5.41) is 2.33. The van der Waals surface area contributed by atoms with E-state index in [0.717, 1.165) is 51.1 Å². The van der Waals surface area contributed by atoms with Crippen LogP contribution in [0.3, 0.4) is 0 Å². The largest absolute Gasteiger partial charge is 0.487 e. The Kier molecular flexibility index (Phi) is 24.2. The summed E-state index contributed by atoms with van der Waals surface area (Å²) in [5.74, 6) is -5.76. The van der Waals surface area contributed by atoms with Gasteiger partial charge < -0.3 is 42.1 Å². The van der Waals surface area contributed by atoms with Crippen LogP contribution >= 0.6 is 11.6 Å². The van der Waals surface area contributed by atoms with Crippen LogP contribution in [0.2, 0.25) is 5.02 Å². The zero-order valence-electron chi connectivity index (χ0n) is 63.2. The van der Waals surface area contributed by atoms with Crippen molar-refractivity contribution < 1.29 is 72.3 Å². The monoisotopic (exact) mass is 1440 g/mol. The molecule has 3 aliphatic rings. The van der Waals surface area contributed by atoms with E-state index in [1.165, 1.54) is 18.2 Å². The van der Waals surface area contributed by atoms with Gasteiger partial charge >= 0.3 is 0 Å². The van der Waals surface area contributed by atoms with E-state index in [0.29, 0.717) is 68.6 Å².